The van der Waals surface area contributed by atoms with Crippen molar-refractivity contribution >= 4 is 5.91 Å². The van der Waals surface area contributed by atoms with E-state index < -0.39 is 0 Å². The highest BCUT2D eigenvalue weighted by molar-refractivity contribution is 5.76. The molecule has 1 heterocycles. The maximum atomic E-state index is 12.0. The first kappa shape index (κ1) is 15.0. The molecule has 0 bridgehead atoms. The van der Waals surface area contributed by atoms with Crippen LogP contribution in [0.1, 0.15) is 43.7 Å². The summed E-state index contributed by atoms with van der Waals surface area (Å²) in [6, 6.07) is 9.04. The molecule has 0 aliphatic carbocycles. The van der Waals surface area contributed by atoms with Crippen molar-refractivity contribution < 1.29 is 4.79 Å². The second-order valence-electron chi connectivity index (χ2n) is 5.90. The standard InChI is InChI=1S/C17H26N2O/c1-13-6-5-7-15(12-13)9-10-17(20)19-14(2)16-8-3-4-11-18-16/h5-7,12,14,16,18H,3-4,8-11H2,1-2H3,(H,19,20). The summed E-state index contributed by atoms with van der Waals surface area (Å²) in [6.45, 7) is 5.27. The van der Waals surface area contributed by atoms with Gasteiger partial charge >= 0.3 is 0 Å². The van der Waals surface area contributed by atoms with E-state index in [1.807, 2.05) is 0 Å². The molecule has 110 valence electrons. The van der Waals surface area contributed by atoms with Crippen molar-refractivity contribution in [1.29, 1.82) is 0 Å². The molecule has 1 aliphatic heterocycles. The number of nitrogens with one attached hydrogen (secondary N) is 2. The molecule has 2 atom stereocenters. The highest BCUT2D eigenvalue weighted by Crippen LogP contribution is 2.11. The van der Waals surface area contributed by atoms with E-state index in [0.717, 1.165) is 13.0 Å². The molecule has 20 heavy (non-hydrogen) atoms. The second-order valence-corrected chi connectivity index (χ2v) is 5.90. The highest BCUT2D eigenvalue weighted by atomic mass is 16.1. The largest absolute Gasteiger partial charge is 0.352 e. The minimum Gasteiger partial charge on any atom is -0.352 e. The molecular formula is C17H26N2O. The van der Waals surface area contributed by atoms with E-state index >= 15 is 0 Å². The zero-order chi connectivity index (χ0) is 14.4. The van der Waals surface area contributed by atoms with E-state index in [1.54, 1.807) is 0 Å². The minimum absolute atomic E-state index is 0.159. The predicted octanol–water partition coefficient (Wildman–Crippen LogP) is 2.57. The first-order valence-corrected chi connectivity index (χ1v) is 7.73. The SMILES string of the molecule is Cc1cccc(CCC(=O)NC(C)C2CCCCN2)c1. The molecule has 0 spiro atoms. The summed E-state index contributed by atoms with van der Waals surface area (Å²) in [4.78, 5) is 12.0. The summed E-state index contributed by atoms with van der Waals surface area (Å²) >= 11 is 0. The molecule has 0 radical (unpaired) electrons. The van der Waals surface area contributed by atoms with Crippen LogP contribution >= 0.6 is 0 Å². The molecule has 2 rings (SSSR count). The Balaban J connectivity index is 1.74. The molecule has 1 fully saturated rings. The summed E-state index contributed by atoms with van der Waals surface area (Å²) in [6.07, 6.45) is 5.07. The third-order valence-corrected chi connectivity index (χ3v) is 4.06. The number of benzene rings is 1. The van der Waals surface area contributed by atoms with Crippen molar-refractivity contribution in [3.63, 3.8) is 0 Å². The topological polar surface area (TPSA) is 41.1 Å². The quantitative estimate of drug-likeness (QED) is 0.866. The van der Waals surface area contributed by atoms with Gasteiger partial charge in [-0.3, -0.25) is 4.79 Å². The average molecular weight is 274 g/mol. The van der Waals surface area contributed by atoms with Crippen molar-refractivity contribution in [3.05, 3.63) is 35.4 Å². The van der Waals surface area contributed by atoms with E-state index in [2.05, 4.69) is 48.7 Å². The van der Waals surface area contributed by atoms with Crippen molar-refractivity contribution in [3.8, 4) is 0 Å². The molecule has 1 aromatic carbocycles. The van der Waals surface area contributed by atoms with Gasteiger partial charge in [0.25, 0.3) is 0 Å². The Morgan fingerprint density at radius 2 is 2.30 bits per heavy atom. The van der Waals surface area contributed by atoms with E-state index in [1.165, 1.54) is 30.4 Å². The van der Waals surface area contributed by atoms with Gasteiger partial charge in [0.15, 0.2) is 0 Å². The molecule has 0 saturated carbocycles. The molecule has 1 aliphatic rings. The van der Waals surface area contributed by atoms with Crippen molar-refractivity contribution in [1.82, 2.24) is 10.6 Å². The molecule has 1 saturated heterocycles. The molecule has 1 aromatic rings. The molecule has 2 N–H and O–H groups in total. The van der Waals surface area contributed by atoms with Crippen LogP contribution in [0.4, 0.5) is 0 Å². The van der Waals surface area contributed by atoms with Crippen LogP contribution in [0, 0.1) is 6.92 Å². The van der Waals surface area contributed by atoms with E-state index in [-0.39, 0.29) is 11.9 Å². The zero-order valence-corrected chi connectivity index (χ0v) is 12.6. The lowest BCUT2D eigenvalue weighted by molar-refractivity contribution is -0.121. The number of hydrogen-bond acceptors (Lipinski definition) is 2. The normalized spacial score (nSPS) is 20.4. The van der Waals surface area contributed by atoms with Gasteiger partial charge in [0, 0.05) is 18.5 Å². The van der Waals surface area contributed by atoms with E-state index in [0.29, 0.717) is 12.5 Å². The lowest BCUT2D eigenvalue weighted by Crippen LogP contribution is -2.50. The van der Waals surface area contributed by atoms with Crippen LogP contribution < -0.4 is 10.6 Å². The first-order valence-electron chi connectivity index (χ1n) is 7.73. The molecule has 3 nitrogen and oxygen atoms in total. The zero-order valence-electron chi connectivity index (χ0n) is 12.6. The number of rotatable bonds is 5. The van der Waals surface area contributed by atoms with Crippen molar-refractivity contribution in [2.45, 2.75) is 58.0 Å². The van der Waals surface area contributed by atoms with Crippen LogP contribution in [0.2, 0.25) is 0 Å². The molecule has 0 aromatic heterocycles. The van der Waals surface area contributed by atoms with Gasteiger partial charge in [-0.25, -0.2) is 0 Å². The van der Waals surface area contributed by atoms with Gasteiger partial charge in [0.2, 0.25) is 5.91 Å². The first-order chi connectivity index (χ1) is 9.65. The summed E-state index contributed by atoms with van der Waals surface area (Å²) in [7, 11) is 0. The summed E-state index contributed by atoms with van der Waals surface area (Å²) in [5, 5.41) is 6.62. The Hall–Kier alpha value is -1.35. The van der Waals surface area contributed by atoms with Gasteiger partial charge in [0.05, 0.1) is 0 Å². The fourth-order valence-corrected chi connectivity index (χ4v) is 2.86. The summed E-state index contributed by atoms with van der Waals surface area (Å²) < 4.78 is 0. The lowest BCUT2D eigenvalue weighted by Gasteiger charge is -2.29. The van der Waals surface area contributed by atoms with Crippen LogP contribution in [0.3, 0.4) is 0 Å². The molecular weight excluding hydrogens is 248 g/mol. The van der Waals surface area contributed by atoms with Crippen LogP contribution in [0.25, 0.3) is 0 Å². The fourth-order valence-electron chi connectivity index (χ4n) is 2.86. The monoisotopic (exact) mass is 274 g/mol. The average Bonchev–Trinajstić information content (AvgIpc) is 2.46. The van der Waals surface area contributed by atoms with Crippen LogP contribution in [-0.2, 0) is 11.2 Å². The Morgan fingerprint density at radius 3 is 3.00 bits per heavy atom. The van der Waals surface area contributed by atoms with Crippen molar-refractivity contribution in [2.24, 2.45) is 0 Å². The molecule has 2 unspecified atom stereocenters. The molecule has 1 amide bonds. The minimum atomic E-state index is 0.159. The van der Waals surface area contributed by atoms with E-state index in [4.69, 9.17) is 0 Å². The van der Waals surface area contributed by atoms with Crippen LogP contribution in [0.15, 0.2) is 24.3 Å². The Labute approximate surface area is 122 Å². The van der Waals surface area contributed by atoms with Gasteiger partial charge in [-0.05, 0) is 45.2 Å². The number of aryl methyl sites for hydroxylation is 2. The number of amides is 1. The third-order valence-electron chi connectivity index (χ3n) is 4.06. The highest BCUT2D eigenvalue weighted by Gasteiger charge is 2.20. The predicted molar refractivity (Wildman–Crippen MR) is 82.7 cm³/mol. The summed E-state index contributed by atoms with van der Waals surface area (Å²) in [5.74, 6) is 0.159. The van der Waals surface area contributed by atoms with Gasteiger partial charge in [0.1, 0.15) is 0 Å². The van der Waals surface area contributed by atoms with Gasteiger partial charge < -0.3 is 10.6 Å². The van der Waals surface area contributed by atoms with Gasteiger partial charge in [-0.15, -0.1) is 0 Å². The maximum Gasteiger partial charge on any atom is 0.220 e. The Morgan fingerprint density at radius 1 is 1.45 bits per heavy atom. The summed E-state index contributed by atoms with van der Waals surface area (Å²) in [5.41, 5.74) is 2.49. The number of hydrogen-bond donors (Lipinski definition) is 2. The van der Waals surface area contributed by atoms with Crippen molar-refractivity contribution in [2.75, 3.05) is 6.54 Å². The van der Waals surface area contributed by atoms with Gasteiger partial charge in [-0.2, -0.15) is 0 Å². The molecule has 3 heteroatoms. The maximum absolute atomic E-state index is 12.0. The second kappa shape index (κ2) is 7.44. The lowest BCUT2D eigenvalue weighted by atomic mass is 9.99. The van der Waals surface area contributed by atoms with Crippen LogP contribution in [-0.4, -0.2) is 24.5 Å². The Bertz CT molecular complexity index is 438. The Kier molecular flexibility index (Phi) is 5.60. The number of carbonyl (C=O) groups excluding carboxylic acids is 1. The fraction of sp³-hybridized carbons (Fsp3) is 0.588. The van der Waals surface area contributed by atoms with Gasteiger partial charge in [-0.1, -0.05) is 36.2 Å². The smallest absolute Gasteiger partial charge is 0.220 e. The van der Waals surface area contributed by atoms with Crippen LogP contribution in [0.5, 0.6) is 0 Å². The number of carbonyl (C=O) groups is 1. The van der Waals surface area contributed by atoms with E-state index in [9.17, 15) is 4.79 Å². The third kappa shape index (κ3) is 4.64. The number of piperidine rings is 1.